The fourth-order valence-corrected chi connectivity index (χ4v) is 13.9. The van der Waals surface area contributed by atoms with E-state index in [4.69, 9.17) is 9.97 Å². The maximum atomic E-state index is 9.52. The highest BCUT2D eigenvalue weighted by Crippen LogP contribution is 2.43. The number of fused-ring (bicyclic) bond motifs is 15. The van der Waals surface area contributed by atoms with E-state index in [9.17, 15) is 5.26 Å². The van der Waals surface area contributed by atoms with Crippen LogP contribution in [0, 0.1) is 11.3 Å². The molecule has 7 heteroatoms. The molecule has 0 aliphatic carbocycles. The van der Waals surface area contributed by atoms with E-state index < -0.39 is 0 Å². The number of nitrogens with zero attached hydrogens (tertiary/aromatic N) is 7. The Kier molecular flexibility index (Phi) is 10.3. The molecule has 0 radical (unpaired) electrons. The van der Waals surface area contributed by atoms with Gasteiger partial charge in [-0.1, -0.05) is 158 Å². The predicted octanol–water partition coefficient (Wildman–Crippen LogP) is 20.0. The van der Waals surface area contributed by atoms with Gasteiger partial charge in [-0.2, -0.15) is 5.26 Å². The minimum Gasteiger partial charge on any atom is -0.309 e. The molecule has 86 heavy (non-hydrogen) atoms. The van der Waals surface area contributed by atoms with Crippen molar-refractivity contribution in [2.75, 3.05) is 0 Å². The first-order valence-electron chi connectivity index (χ1n) is 29.1. The van der Waals surface area contributed by atoms with Crippen molar-refractivity contribution in [3.63, 3.8) is 0 Å². The van der Waals surface area contributed by atoms with Crippen LogP contribution in [0.1, 0.15) is 5.56 Å². The second kappa shape index (κ2) is 18.6. The van der Waals surface area contributed by atoms with Crippen molar-refractivity contribution in [3.8, 4) is 62.6 Å². The van der Waals surface area contributed by atoms with Gasteiger partial charge in [0.1, 0.15) is 0 Å². The van der Waals surface area contributed by atoms with Gasteiger partial charge in [0.15, 0.2) is 0 Å². The van der Waals surface area contributed by atoms with Gasteiger partial charge in [-0.3, -0.25) is 4.57 Å². The first-order valence-corrected chi connectivity index (χ1v) is 29.1. The van der Waals surface area contributed by atoms with Gasteiger partial charge in [0.2, 0.25) is 5.95 Å². The third kappa shape index (κ3) is 7.14. The van der Waals surface area contributed by atoms with Crippen molar-refractivity contribution in [3.05, 3.63) is 291 Å². The van der Waals surface area contributed by atoms with Gasteiger partial charge in [0.05, 0.1) is 67.0 Å². The Morgan fingerprint density at radius 3 is 1.13 bits per heavy atom. The smallest absolute Gasteiger partial charge is 0.235 e. The number of rotatable bonds is 7. The van der Waals surface area contributed by atoms with Gasteiger partial charge in [0, 0.05) is 76.5 Å². The van der Waals surface area contributed by atoms with Gasteiger partial charge in [-0.15, -0.1) is 0 Å². The quantitative estimate of drug-likeness (QED) is 0.149. The van der Waals surface area contributed by atoms with Crippen molar-refractivity contribution >= 4 is 109 Å². The molecular formula is C79H47N7. The van der Waals surface area contributed by atoms with Crippen LogP contribution < -0.4 is 0 Å². The summed E-state index contributed by atoms with van der Waals surface area (Å²) in [5.74, 6) is 0.622. The maximum absolute atomic E-state index is 9.52. The van der Waals surface area contributed by atoms with E-state index in [-0.39, 0.29) is 0 Å². The molecule has 0 bridgehead atoms. The van der Waals surface area contributed by atoms with Crippen LogP contribution in [0.4, 0.5) is 0 Å². The van der Waals surface area contributed by atoms with E-state index in [1.165, 1.54) is 43.4 Å². The Morgan fingerprint density at radius 1 is 0.256 bits per heavy atom. The zero-order valence-electron chi connectivity index (χ0n) is 46.3. The van der Waals surface area contributed by atoms with Crippen LogP contribution in [0.15, 0.2) is 285 Å². The molecule has 0 atom stereocenters. The molecule has 0 fully saturated rings. The summed E-state index contributed by atoms with van der Waals surface area (Å²) in [7, 11) is 0. The van der Waals surface area contributed by atoms with E-state index in [1.54, 1.807) is 0 Å². The third-order valence-electron chi connectivity index (χ3n) is 17.8. The Hall–Kier alpha value is -11.9. The predicted molar refractivity (Wildman–Crippen MR) is 355 cm³/mol. The summed E-state index contributed by atoms with van der Waals surface area (Å²) in [5, 5.41) is 22.1. The second-order valence-corrected chi connectivity index (χ2v) is 22.4. The minimum absolute atomic E-state index is 0.622. The van der Waals surface area contributed by atoms with Crippen LogP contribution in [0.3, 0.4) is 0 Å². The molecule has 0 aliphatic heterocycles. The highest BCUT2D eigenvalue weighted by Gasteiger charge is 2.22. The molecule has 398 valence electrons. The summed E-state index contributed by atoms with van der Waals surface area (Å²) >= 11 is 0. The minimum atomic E-state index is 0.622. The van der Waals surface area contributed by atoms with Crippen LogP contribution in [-0.2, 0) is 0 Å². The van der Waals surface area contributed by atoms with Crippen molar-refractivity contribution < 1.29 is 0 Å². The fraction of sp³-hybridized carbons (Fsp3) is 0. The van der Waals surface area contributed by atoms with Crippen LogP contribution >= 0.6 is 0 Å². The van der Waals surface area contributed by atoms with Crippen LogP contribution in [-0.4, -0.2) is 28.2 Å². The van der Waals surface area contributed by atoms with E-state index in [0.29, 0.717) is 11.5 Å². The van der Waals surface area contributed by atoms with Crippen molar-refractivity contribution in [2.45, 2.75) is 0 Å². The molecular weight excluding hydrogens is 1050 g/mol. The number of para-hydroxylation sites is 5. The number of benzene rings is 13. The first kappa shape index (κ1) is 47.8. The average Bonchev–Trinajstić information content (AvgIpc) is 2.48. The van der Waals surface area contributed by atoms with Gasteiger partial charge in [0.25, 0.3) is 0 Å². The SMILES string of the molecule is N#Cc1ccc(-n2c3ccccc3c3cc(-c4ccc5c(c4)c4ccccc4n5-c4ccc5c(ccc6c(-c7ccccc7)nc(-n7c8ccccc8c8cc(-c9ccc%10c(c9)c9ccccc9n%10-c9ccccc9)ccc87)nc65)c4)ccc32)cc1. The van der Waals surface area contributed by atoms with Gasteiger partial charge < -0.3 is 13.7 Å². The molecule has 0 spiro atoms. The zero-order valence-corrected chi connectivity index (χ0v) is 46.3. The number of hydrogen-bond acceptors (Lipinski definition) is 3. The summed E-state index contributed by atoms with van der Waals surface area (Å²) in [6, 6.07) is 105. The van der Waals surface area contributed by atoms with E-state index in [2.05, 4.69) is 285 Å². The van der Waals surface area contributed by atoms with Gasteiger partial charge in [-0.25, -0.2) is 9.97 Å². The Balaban J connectivity index is 0.765. The van der Waals surface area contributed by atoms with Crippen LogP contribution in [0.2, 0.25) is 0 Å². The maximum Gasteiger partial charge on any atom is 0.235 e. The molecule has 0 saturated carbocycles. The molecule has 0 amide bonds. The molecule has 0 N–H and O–H groups in total. The van der Waals surface area contributed by atoms with Crippen molar-refractivity contribution in [1.82, 2.24) is 28.2 Å². The normalized spacial score (nSPS) is 11.9. The standard InChI is InChI=1S/C79H47N7/c80-48-49-27-34-57(35-28-49)84-70-24-12-8-20-61(70)66-45-51(31-40-74(66)84)53-32-41-75-67(46-53)62-21-9-13-25-71(62)85(75)58-36-38-59-55(43-58)29-37-64-77(50-15-3-1-4-16-50)81-79(82-78(59)64)86-72-26-14-10-22-63(72)68-47-54(33-42-76(68)86)52-30-39-73-65(44-52)60-19-7-11-23-69(60)83(73)56-17-5-2-6-18-56/h1-47H. The third-order valence-corrected chi connectivity index (χ3v) is 17.8. The topological polar surface area (TPSA) is 69.3 Å². The molecule has 18 aromatic rings. The fourth-order valence-electron chi connectivity index (χ4n) is 13.9. The molecule has 13 aromatic carbocycles. The van der Waals surface area contributed by atoms with E-state index in [0.717, 1.165) is 116 Å². The highest BCUT2D eigenvalue weighted by molar-refractivity contribution is 6.16. The van der Waals surface area contributed by atoms with E-state index in [1.807, 2.05) is 24.3 Å². The Morgan fingerprint density at radius 2 is 0.640 bits per heavy atom. The molecule has 7 nitrogen and oxygen atoms in total. The lowest BCUT2D eigenvalue weighted by molar-refractivity contribution is 1.02. The average molecular weight is 1090 g/mol. The summed E-state index contributed by atoms with van der Waals surface area (Å²) < 4.78 is 9.32. The zero-order chi connectivity index (χ0) is 56.6. The molecule has 0 saturated heterocycles. The molecule has 5 heterocycles. The number of nitriles is 1. The van der Waals surface area contributed by atoms with Gasteiger partial charge >= 0.3 is 0 Å². The molecule has 18 rings (SSSR count). The Bertz CT molecular complexity index is 5900. The Labute approximate surface area is 493 Å². The monoisotopic (exact) mass is 1090 g/mol. The van der Waals surface area contributed by atoms with Crippen molar-refractivity contribution in [2.24, 2.45) is 0 Å². The lowest BCUT2D eigenvalue weighted by atomic mass is 10.0. The van der Waals surface area contributed by atoms with Crippen LogP contribution in [0.25, 0.3) is 165 Å². The number of hydrogen-bond donors (Lipinski definition) is 0. The summed E-state index contributed by atoms with van der Waals surface area (Å²) in [4.78, 5) is 11.2. The lowest BCUT2D eigenvalue weighted by Crippen LogP contribution is -2.04. The number of aromatic nitrogens is 6. The first-order chi connectivity index (χ1) is 42.6. The highest BCUT2D eigenvalue weighted by atomic mass is 15.2. The summed E-state index contributed by atoms with van der Waals surface area (Å²) in [6.45, 7) is 0. The summed E-state index contributed by atoms with van der Waals surface area (Å²) in [5.41, 5.74) is 20.3. The van der Waals surface area contributed by atoms with E-state index >= 15 is 0 Å². The second-order valence-electron chi connectivity index (χ2n) is 22.4. The molecule has 5 aromatic heterocycles. The van der Waals surface area contributed by atoms with Gasteiger partial charge in [-0.05, 0) is 155 Å². The largest absolute Gasteiger partial charge is 0.309 e. The van der Waals surface area contributed by atoms with Crippen LogP contribution in [0.5, 0.6) is 0 Å². The summed E-state index contributed by atoms with van der Waals surface area (Å²) in [6.07, 6.45) is 0. The molecule has 0 unspecified atom stereocenters. The van der Waals surface area contributed by atoms with Crippen molar-refractivity contribution in [1.29, 1.82) is 5.26 Å². The lowest BCUT2D eigenvalue weighted by Gasteiger charge is -2.14. The molecule has 0 aliphatic rings.